The quantitative estimate of drug-likeness (QED) is 0.230. The lowest BCUT2D eigenvalue weighted by Crippen LogP contribution is -2.45. The minimum Gasteiger partial charge on any atom is -0.398 e. The van der Waals surface area contributed by atoms with E-state index < -0.39 is 17.1 Å². The molecule has 0 radical (unpaired) electrons. The van der Waals surface area contributed by atoms with Crippen LogP contribution in [0.15, 0.2) is 0 Å². The molecular weight excluding hydrogens is 410 g/mol. The van der Waals surface area contributed by atoms with E-state index in [1.807, 2.05) is 6.55 Å². The lowest BCUT2D eigenvalue weighted by Gasteiger charge is -2.24. The molecule has 0 aromatic heterocycles. The Morgan fingerprint density at radius 3 is 1.86 bits per heavy atom. The number of nitrogens with one attached hydrogen (secondary N) is 1. The van der Waals surface area contributed by atoms with Crippen LogP contribution in [0.5, 0.6) is 0 Å². The van der Waals surface area contributed by atoms with Crippen LogP contribution in [-0.2, 0) is 27.3 Å². The Labute approximate surface area is 178 Å². The molecule has 0 aromatic carbocycles. The SMILES string of the molecule is CO[Si](C)(CCCCC(=O)CCCCC(=O)NCCC[Si](CO)(OC)OC)OC. The fraction of sp³-hybridized carbons (Fsp3) is 0.895. The van der Waals surface area contributed by atoms with Crippen LogP contribution in [0.4, 0.5) is 0 Å². The molecule has 172 valence electrons. The summed E-state index contributed by atoms with van der Waals surface area (Å²) in [5, 5.41) is 12.3. The zero-order chi connectivity index (χ0) is 22.2. The fourth-order valence-electron chi connectivity index (χ4n) is 2.96. The molecule has 0 heterocycles. The van der Waals surface area contributed by atoms with E-state index in [-0.39, 0.29) is 17.9 Å². The zero-order valence-electron chi connectivity index (χ0n) is 18.9. The van der Waals surface area contributed by atoms with Gasteiger partial charge in [-0.25, -0.2) is 0 Å². The topological polar surface area (TPSA) is 103 Å². The van der Waals surface area contributed by atoms with Crippen molar-refractivity contribution in [3.05, 3.63) is 0 Å². The van der Waals surface area contributed by atoms with E-state index in [4.69, 9.17) is 17.7 Å². The first-order valence-electron chi connectivity index (χ1n) is 10.4. The van der Waals surface area contributed by atoms with Gasteiger partial charge in [-0.2, -0.15) is 0 Å². The predicted octanol–water partition coefficient (Wildman–Crippen LogP) is 2.42. The van der Waals surface area contributed by atoms with Gasteiger partial charge in [0.1, 0.15) is 5.78 Å². The van der Waals surface area contributed by atoms with Gasteiger partial charge in [0.2, 0.25) is 5.91 Å². The largest absolute Gasteiger partial charge is 0.398 e. The standard InChI is InChI=1S/C19H41NO7Si2/c1-24-28(5,25-2)15-9-8-12-18(22)11-6-7-13-19(23)20-14-10-16-29(17-21,26-3)27-4/h21H,6-17H2,1-5H3,(H,20,23). The lowest BCUT2D eigenvalue weighted by atomic mass is 10.1. The Hall–Kier alpha value is -0.626. The summed E-state index contributed by atoms with van der Waals surface area (Å²) in [6, 6.07) is 1.52. The molecule has 0 unspecified atom stereocenters. The third-order valence-electron chi connectivity index (χ3n) is 5.35. The molecule has 0 aliphatic carbocycles. The highest BCUT2D eigenvalue weighted by molar-refractivity contribution is 6.67. The van der Waals surface area contributed by atoms with Crippen molar-refractivity contribution < 1.29 is 32.4 Å². The number of amides is 1. The van der Waals surface area contributed by atoms with Gasteiger partial charge in [-0.1, -0.05) is 6.42 Å². The van der Waals surface area contributed by atoms with Gasteiger partial charge < -0.3 is 28.1 Å². The molecule has 10 heteroatoms. The third-order valence-corrected chi connectivity index (χ3v) is 11.4. The van der Waals surface area contributed by atoms with Crippen molar-refractivity contribution in [2.45, 2.75) is 70.0 Å². The molecule has 0 saturated carbocycles. The number of aliphatic hydroxyl groups excluding tert-OH is 1. The molecule has 0 saturated heterocycles. The molecule has 0 rings (SSSR count). The second-order valence-electron chi connectivity index (χ2n) is 7.43. The average molecular weight is 452 g/mol. The molecule has 2 N–H and O–H groups in total. The Morgan fingerprint density at radius 1 is 0.793 bits per heavy atom. The van der Waals surface area contributed by atoms with Gasteiger partial charge in [0, 0.05) is 54.2 Å². The molecule has 0 fully saturated rings. The van der Waals surface area contributed by atoms with Gasteiger partial charge in [0.05, 0.1) is 6.23 Å². The zero-order valence-corrected chi connectivity index (χ0v) is 20.9. The minimum absolute atomic E-state index is 0.00748. The van der Waals surface area contributed by atoms with Gasteiger partial charge in [0.25, 0.3) is 0 Å². The van der Waals surface area contributed by atoms with Crippen molar-refractivity contribution in [3.8, 4) is 0 Å². The predicted molar refractivity (Wildman–Crippen MR) is 117 cm³/mol. The number of unbranched alkanes of at least 4 members (excludes halogenated alkanes) is 2. The number of ketones is 1. The van der Waals surface area contributed by atoms with Crippen LogP contribution < -0.4 is 5.32 Å². The summed E-state index contributed by atoms with van der Waals surface area (Å²) in [5.41, 5.74) is 0. The molecule has 8 nitrogen and oxygen atoms in total. The molecule has 0 aliphatic rings. The molecule has 0 bridgehead atoms. The number of hydrogen-bond acceptors (Lipinski definition) is 7. The normalized spacial score (nSPS) is 12.2. The highest BCUT2D eigenvalue weighted by Crippen LogP contribution is 2.17. The molecule has 0 aliphatic heterocycles. The van der Waals surface area contributed by atoms with Crippen LogP contribution in [0, 0.1) is 0 Å². The van der Waals surface area contributed by atoms with Crippen LogP contribution >= 0.6 is 0 Å². The first-order chi connectivity index (χ1) is 13.8. The third kappa shape index (κ3) is 12.6. The van der Waals surface area contributed by atoms with Gasteiger partial charge in [-0.05, 0) is 44.3 Å². The molecule has 0 aromatic rings. The Balaban J connectivity index is 3.74. The monoisotopic (exact) mass is 451 g/mol. The number of carbonyl (C=O) groups excluding carboxylic acids is 2. The van der Waals surface area contributed by atoms with Crippen molar-refractivity contribution >= 4 is 28.8 Å². The van der Waals surface area contributed by atoms with Crippen LogP contribution in [0.2, 0.25) is 18.6 Å². The number of aliphatic hydroxyl groups is 1. The molecule has 1 amide bonds. The van der Waals surface area contributed by atoms with E-state index in [9.17, 15) is 14.7 Å². The number of Topliss-reactive ketones (excluding diaryl/α,β-unsaturated/α-hetero) is 1. The van der Waals surface area contributed by atoms with Crippen LogP contribution in [0.25, 0.3) is 0 Å². The maximum Gasteiger partial charge on any atom is 0.364 e. The summed E-state index contributed by atoms with van der Waals surface area (Å²) < 4.78 is 21.5. The molecule has 29 heavy (non-hydrogen) atoms. The van der Waals surface area contributed by atoms with E-state index in [0.29, 0.717) is 44.7 Å². The van der Waals surface area contributed by atoms with Crippen molar-refractivity contribution in [2.24, 2.45) is 0 Å². The minimum atomic E-state index is -2.51. The second kappa shape index (κ2) is 16.1. The van der Waals surface area contributed by atoms with Crippen LogP contribution in [0.3, 0.4) is 0 Å². The number of hydrogen-bond donors (Lipinski definition) is 2. The Morgan fingerprint density at radius 2 is 1.34 bits per heavy atom. The fourth-order valence-corrected chi connectivity index (χ4v) is 6.13. The van der Waals surface area contributed by atoms with E-state index in [1.54, 1.807) is 28.4 Å². The average Bonchev–Trinajstić information content (AvgIpc) is 2.74. The molecular formula is C19H41NO7Si2. The van der Waals surface area contributed by atoms with E-state index >= 15 is 0 Å². The van der Waals surface area contributed by atoms with Crippen LogP contribution in [0.1, 0.15) is 51.4 Å². The first kappa shape index (κ1) is 28.4. The summed E-state index contributed by atoms with van der Waals surface area (Å²) in [6.07, 6.45) is 5.39. The maximum absolute atomic E-state index is 11.9. The highest BCUT2D eigenvalue weighted by atomic mass is 28.4. The molecule has 0 spiro atoms. The maximum atomic E-state index is 11.9. The van der Waals surface area contributed by atoms with Gasteiger partial charge in [0.15, 0.2) is 0 Å². The van der Waals surface area contributed by atoms with Crippen molar-refractivity contribution in [1.29, 1.82) is 0 Å². The Bertz CT molecular complexity index is 450. The van der Waals surface area contributed by atoms with Crippen LogP contribution in [-0.4, -0.2) is 75.1 Å². The second-order valence-corrected chi connectivity index (χ2v) is 14.5. The summed E-state index contributed by atoms with van der Waals surface area (Å²) in [5.74, 6) is 0.250. The lowest BCUT2D eigenvalue weighted by molar-refractivity contribution is -0.122. The first-order valence-corrected chi connectivity index (χ1v) is 15.2. The van der Waals surface area contributed by atoms with Crippen molar-refractivity contribution in [3.63, 3.8) is 0 Å². The summed E-state index contributed by atoms with van der Waals surface area (Å²) in [6.45, 7) is 2.56. The summed E-state index contributed by atoms with van der Waals surface area (Å²) in [7, 11) is 1.92. The van der Waals surface area contributed by atoms with Gasteiger partial charge in [-0.15, -0.1) is 0 Å². The Kier molecular flexibility index (Phi) is 15.8. The smallest absolute Gasteiger partial charge is 0.364 e. The summed E-state index contributed by atoms with van der Waals surface area (Å²) in [4.78, 5) is 23.8. The number of carbonyl (C=O) groups is 2. The highest BCUT2D eigenvalue weighted by Gasteiger charge is 2.34. The van der Waals surface area contributed by atoms with E-state index in [2.05, 4.69) is 5.32 Å². The van der Waals surface area contributed by atoms with Crippen molar-refractivity contribution in [2.75, 3.05) is 41.2 Å². The van der Waals surface area contributed by atoms with E-state index in [0.717, 1.165) is 25.3 Å². The number of rotatable bonds is 19. The van der Waals surface area contributed by atoms with E-state index in [1.165, 1.54) is 0 Å². The summed E-state index contributed by atoms with van der Waals surface area (Å²) >= 11 is 0. The van der Waals surface area contributed by atoms with Crippen molar-refractivity contribution in [1.82, 2.24) is 5.32 Å². The molecule has 0 atom stereocenters. The van der Waals surface area contributed by atoms with Gasteiger partial charge in [-0.3, -0.25) is 9.59 Å². The van der Waals surface area contributed by atoms with Gasteiger partial charge >= 0.3 is 17.1 Å².